The van der Waals surface area contributed by atoms with Crippen LogP contribution in [-0.2, 0) is 4.79 Å². The maximum Gasteiger partial charge on any atom is 0.270 e. The summed E-state index contributed by atoms with van der Waals surface area (Å²) in [4.78, 5) is 26.3. The highest BCUT2D eigenvalue weighted by molar-refractivity contribution is 14.1. The monoisotopic (exact) mass is 333 g/mol. The van der Waals surface area contributed by atoms with Gasteiger partial charge in [0.05, 0.1) is 14.8 Å². The zero-order valence-corrected chi connectivity index (χ0v) is 10.4. The molecule has 0 N–H and O–H groups in total. The van der Waals surface area contributed by atoms with Crippen LogP contribution in [0.15, 0.2) is 17.1 Å². The highest BCUT2D eigenvalue weighted by Crippen LogP contribution is 2.13. The molecule has 0 fully saturated rings. The van der Waals surface area contributed by atoms with Crippen molar-refractivity contribution in [1.82, 2.24) is 0 Å². The number of hydrogen-bond acceptors (Lipinski definition) is 2. The van der Waals surface area contributed by atoms with Gasteiger partial charge in [0, 0.05) is 16.9 Å². The molecule has 1 aliphatic heterocycles. The Morgan fingerprint density at radius 1 is 1.47 bits per heavy atom. The van der Waals surface area contributed by atoms with Gasteiger partial charge >= 0.3 is 0 Å². The van der Waals surface area contributed by atoms with E-state index in [9.17, 15) is 9.59 Å². The highest BCUT2D eigenvalue weighted by Gasteiger charge is 2.12. The molecule has 0 bridgehead atoms. The summed E-state index contributed by atoms with van der Waals surface area (Å²) in [5, 5.41) is 1.55. The molecule has 1 aromatic rings. The summed E-state index contributed by atoms with van der Waals surface area (Å²) in [5.74, 6) is -0.351. The molecule has 0 aliphatic carbocycles. The molecule has 5 heteroatoms. The number of hydrogen-bond donors (Lipinski definition) is 0. The summed E-state index contributed by atoms with van der Waals surface area (Å²) < 4.78 is 0.362. The molecular weight excluding hydrogens is 328 g/mol. The number of Topliss-reactive ketones (excluding diaryl/α,β-unsaturated/α-hetero) is 1. The third kappa shape index (κ3) is 1.96. The third-order valence-electron chi connectivity index (χ3n) is 2.05. The van der Waals surface area contributed by atoms with Crippen LogP contribution in [0.25, 0.3) is 6.08 Å². The van der Waals surface area contributed by atoms with Gasteiger partial charge in [0.2, 0.25) is 0 Å². The maximum atomic E-state index is 11.5. The van der Waals surface area contributed by atoms with Crippen LogP contribution in [0, 0.1) is 0 Å². The third-order valence-corrected chi connectivity index (χ3v) is 3.05. The van der Waals surface area contributed by atoms with Crippen LogP contribution >= 0.6 is 34.2 Å². The number of fused-ring (bicyclic) bond motifs is 1. The molecule has 0 spiro atoms. The van der Waals surface area contributed by atoms with Crippen LogP contribution in [0.1, 0.15) is 10.4 Å². The van der Waals surface area contributed by atoms with Gasteiger partial charge in [-0.1, -0.05) is 34.2 Å². The predicted molar refractivity (Wildman–Crippen MR) is 64.9 cm³/mol. The van der Waals surface area contributed by atoms with Crippen LogP contribution in [-0.4, -0.2) is 16.1 Å². The number of carbonyl (C=O) groups is 2. The fraction of sp³-hybridized carbons (Fsp3) is 0.100. The maximum absolute atomic E-state index is 11.5. The van der Waals surface area contributed by atoms with Crippen LogP contribution in [0.4, 0.5) is 0 Å². The van der Waals surface area contributed by atoms with Crippen LogP contribution in [0.3, 0.4) is 0 Å². The first-order chi connectivity index (χ1) is 7.11. The number of alkyl halides is 1. The van der Waals surface area contributed by atoms with E-state index in [1.807, 2.05) is 22.6 Å². The van der Waals surface area contributed by atoms with Crippen molar-refractivity contribution in [1.29, 1.82) is 0 Å². The van der Waals surface area contributed by atoms with Crippen molar-refractivity contribution in [3.05, 3.63) is 33.3 Å². The lowest BCUT2D eigenvalue weighted by Crippen LogP contribution is -2.23. The van der Waals surface area contributed by atoms with Gasteiger partial charge in [-0.3, -0.25) is 9.59 Å². The minimum absolute atomic E-state index is 0.0452. The van der Waals surface area contributed by atoms with Gasteiger partial charge in [-0.15, -0.1) is 0 Å². The van der Waals surface area contributed by atoms with E-state index in [4.69, 9.17) is 11.6 Å². The van der Waals surface area contributed by atoms with Crippen molar-refractivity contribution < 1.29 is 9.59 Å². The molecule has 1 heterocycles. The van der Waals surface area contributed by atoms with Crippen LogP contribution in [0.5, 0.6) is 0 Å². The average molecular weight is 334 g/mol. The van der Waals surface area contributed by atoms with Gasteiger partial charge in [0.15, 0.2) is 5.78 Å². The van der Waals surface area contributed by atoms with Gasteiger partial charge in [-0.2, -0.15) is 0 Å². The molecule has 76 valence electrons. The molecule has 0 atom stereocenters. The normalized spacial score (nSPS) is 13.1. The molecular formula is C10H5ClINO2. The van der Waals surface area contributed by atoms with Gasteiger partial charge in [0.1, 0.15) is 0 Å². The molecule has 0 saturated heterocycles. The second-order valence-corrected chi connectivity index (χ2v) is 4.21. The fourth-order valence-electron chi connectivity index (χ4n) is 1.36. The Labute approximate surface area is 104 Å². The smallest absolute Gasteiger partial charge is 0.270 e. The van der Waals surface area contributed by atoms with Crippen molar-refractivity contribution >= 4 is 52.0 Å². The van der Waals surface area contributed by atoms with Crippen molar-refractivity contribution in [2.45, 2.75) is 0 Å². The summed E-state index contributed by atoms with van der Waals surface area (Å²) in [7, 11) is 0. The van der Waals surface area contributed by atoms with Crippen molar-refractivity contribution in [3.8, 4) is 0 Å². The number of carbonyl (C=O) groups excluding carboxylic acids is 2. The highest BCUT2D eigenvalue weighted by atomic mass is 127. The number of benzene rings is 1. The Balaban J connectivity index is 2.70. The molecule has 3 nitrogen and oxygen atoms in total. The number of nitrogens with zero attached hydrogens (tertiary/aromatic N) is 1. The largest absolute Gasteiger partial charge is 0.293 e. The van der Waals surface area contributed by atoms with Crippen molar-refractivity contribution in [3.63, 3.8) is 0 Å². The fourth-order valence-corrected chi connectivity index (χ4v) is 2.04. The zero-order valence-electron chi connectivity index (χ0n) is 7.46. The molecule has 1 aliphatic rings. The van der Waals surface area contributed by atoms with Crippen LogP contribution in [0.2, 0.25) is 5.02 Å². The van der Waals surface area contributed by atoms with E-state index in [0.29, 0.717) is 25.6 Å². The quantitative estimate of drug-likeness (QED) is 0.459. The van der Waals surface area contributed by atoms with Gasteiger partial charge in [-0.05, 0) is 12.1 Å². The Morgan fingerprint density at radius 3 is 2.87 bits per heavy atom. The van der Waals surface area contributed by atoms with E-state index < -0.39 is 0 Å². The Hall–Kier alpha value is -0.750. The van der Waals surface area contributed by atoms with E-state index in [2.05, 4.69) is 4.99 Å². The molecule has 0 aromatic heterocycles. The first-order valence-electron chi connectivity index (χ1n) is 4.15. The van der Waals surface area contributed by atoms with E-state index in [1.165, 1.54) is 6.08 Å². The second kappa shape index (κ2) is 4.02. The molecule has 0 radical (unpaired) electrons. The molecule has 15 heavy (non-hydrogen) atoms. The van der Waals surface area contributed by atoms with Crippen LogP contribution < -0.4 is 10.6 Å². The van der Waals surface area contributed by atoms with Crippen molar-refractivity contribution in [2.75, 3.05) is 4.43 Å². The summed E-state index contributed by atoms with van der Waals surface area (Å²) in [6.07, 6.45) is 1.40. The number of amides is 1. The lowest BCUT2D eigenvalue weighted by molar-refractivity contribution is -0.112. The van der Waals surface area contributed by atoms with E-state index in [0.717, 1.165) is 0 Å². The Kier molecular flexibility index (Phi) is 2.88. The topological polar surface area (TPSA) is 46.5 Å². The minimum Gasteiger partial charge on any atom is -0.293 e. The number of rotatable bonds is 2. The van der Waals surface area contributed by atoms with E-state index >= 15 is 0 Å². The van der Waals surface area contributed by atoms with Gasteiger partial charge < -0.3 is 0 Å². The Morgan fingerprint density at radius 2 is 2.20 bits per heavy atom. The lowest BCUT2D eigenvalue weighted by Gasteiger charge is -1.99. The predicted octanol–water partition coefficient (Wildman–Crippen LogP) is 0.898. The van der Waals surface area contributed by atoms with Gasteiger partial charge in [-0.25, -0.2) is 4.99 Å². The standard InChI is InChI=1S/C10H5ClINO2/c11-7-3-8-5(2-10(15)13-8)1-6(7)9(14)4-12/h1-3H,4H2. The summed E-state index contributed by atoms with van der Waals surface area (Å²) in [5.41, 5.74) is 0.450. The first-order valence-corrected chi connectivity index (χ1v) is 6.05. The molecule has 0 unspecified atom stereocenters. The van der Waals surface area contributed by atoms with E-state index in [1.54, 1.807) is 12.1 Å². The number of halogens is 2. The van der Waals surface area contributed by atoms with Gasteiger partial charge in [0.25, 0.3) is 5.91 Å². The summed E-state index contributed by atoms with van der Waals surface area (Å²) in [6.45, 7) is 0. The molecule has 1 aromatic carbocycles. The average Bonchev–Trinajstić information content (AvgIpc) is 2.55. The zero-order chi connectivity index (χ0) is 11.0. The summed E-state index contributed by atoms with van der Waals surface area (Å²) in [6, 6.07) is 3.17. The molecule has 1 amide bonds. The summed E-state index contributed by atoms with van der Waals surface area (Å²) >= 11 is 7.90. The van der Waals surface area contributed by atoms with Crippen molar-refractivity contribution in [2.24, 2.45) is 4.99 Å². The first kappa shape index (κ1) is 10.8. The minimum atomic E-state index is -0.305. The molecule has 0 saturated carbocycles. The molecule has 2 rings (SSSR count). The SMILES string of the molecule is O=C1C=c2cc(C(=O)CI)c(Cl)cc2=N1. The Bertz CT molecular complexity index is 580. The number of ketones is 1. The second-order valence-electron chi connectivity index (χ2n) is 3.04. The van der Waals surface area contributed by atoms with E-state index in [-0.39, 0.29) is 11.7 Å². The lowest BCUT2D eigenvalue weighted by atomic mass is 10.1.